The minimum absolute atomic E-state index is 0.0208. The number of sulfonamides is 1. The fraction of sp³-hybridized carbons (Fsp3) is 0.333. The highest BCUT2D eigenvalue weighted by atomic mass is 35.5. The van der Waals surface area contributed by atoms with Gasteiger partial charge in [0.25, 0.3) is 11.9 Å². The molecular formula is C12H13ClN6O4S. The van der Waals surface area contributed by atoms with Crippen LogP contribution in [0.5, 0.6) is 0 Å². The van der Waals surface area contributed by atoms with Gasteiger partial charge in [0.15, 0.2) is 0 Å². The van der Waals surface area contributed by atoms with Gasteiger partial charge >= 0.3 is 0 Å². The number of morpholine rings is 1. The third-order valence-corrected chi connectivity index (χ3v) is 5.73. The lowest BCUT2D eigenvalue weighted by molar-refractivity contribution is 0.0730. The number of benzene rings is 1. The number of hydrogen-bond acceptors (Lipinski definition) is 7. The van der Waals surface area contributed by atoms with Gasteiger partial charge in [0.1, 0.15) is 4.90 Å². The van der Waals surface area contributed by atoms with Gasteiger partial charge in [-0.1, -0.05) is 16.7 Å². The van der Waals surface area contributed by atoms with Crippen LogP contribution in [0.1, 0.15) is 10.4 Å². The Balaban J connectivity index is 1.89. The molecule has 0 aliphatic carbocycles. The van der Waals surface area contributed by atoms with Crippen LogP contribution in [0.15, 0.2) is 23.1 Å². The Hall–Kier alpha value is -2.08. The zero-order valence-corrected chi connectivity index (χ0v) is 13.8. The Morgan fingerprint density at radius 2 is 2.08 bits per heavy atom. The van der Waals surface area contributed by atoms with E-state index in [1.165, 1.54) is 22.5 Å². The Morgan fingerprint density at radius 3 is 2.75 bits per heavy atom. The third kappa shape index (κ3) is 3.38. The van der Waals surface area contributed by atoms with Crippen LogP contribution in [0.3, 0.4) is 0 Å². The lowest BCUT2D eigenvalue weighted by atomic mass is 10.2. The topological polar surface area (TPSA) is 130 Å². The summed E-state index contributed by atoms with van der Waals surface area (Å²) in [4.78, 5) is 12.0. The molecule has 0 saturated carbocycles. The molecule has 0 spiro atoms. The van der Waals surface area contributed by atoms with E-state index in [1.54, 1.807) is 0 Å². The normalized spacial score (nSPS) is 16.0. The molecule has 10 nitrogen and oxygen atoms in total. The molecule has 1 aliphatic rings. The van der Waals surface area contributed by atoms with E-state index in [9.17, 15) is 13.2 Å². The van der Waals surface area contributed by atoms with Gasteiger partial charge in [-0.2, -0.15) is 9.52 Å². The van der Waals surface area contributed by atoms with Gasteiger partial charge in [0.2, 0.25) is 10.0 Å². The quantitative estimate of drug-likeness (QED) is 0.779. The van der Waals surface area contributed by atoms with Crippen LogP contribution >= 0.6 is 11.6 Å². The number of anilines is 1. The monoisotopic (exact) mass is 372 g/mol. The number of H-pyrrole nitrogens is 1. The standard InChI is InChI=1S/C12H13ClN6O4S/c13-9-2-1-8(11(20)14-12-15-17-18-16-12)7-10(9)24(21,22)19-3-5-23-6-4-19/h1-2,7H,3-6H2,(H2,14,15,16,17,18,20). The molecule has 1 aromatic heterocycles. The summed E-state index contributed by atoms with van der Waals surface area (Å²) < 4.78 is 31.9. The number of ether oxygens (including phenoxy) is 1. The first-order chi connectivity index (χ1) is 11.5. The fourth-order valence-electron chi connectivity index (χ4n) is 2.16. The Kier molecular flexibility index (Phi) is 4.76. The van der Waals surface area contributed by atoms with E-state index in [0.29, 0.717) is 13.2 Å². The molecule has 3 rings (SSSR count). The molecule has 1 fully saturated rings. The molecule has 1 aromatic carbocycles. The number of amides is 1. The van der Waals surface area contributed by atoms with Crippen molar-refractivity contribution in [1.29, 1.82) is 0 Å². The van der Waals surface area contributed by atoms with Crippen LogP contribution in [0.4, 0.5) is 5.95 Å². The van der Waals surface area contributed by atoms with Crippen LogP contribution in [0.25, 0.3) is 0 Å². The second-order valence-electron chi connectivity index (χ2n) is 4.85. The van der Waals surface area contributed by atoms with Crippen molar-refractivity contribution < 1.29 is 17.9 Å². The van der Waals surface area contributed by atoms with E-state index in [1.807, 2.05) is 0 Å². The van der Waals surface area contributed by atoms with Gasteiger partial charge in [-0.25, -0.2) is 8.42 Å². The van der Waals surface area contributed by atoms with Crippen LogP contribution in [-0.2, 0) is 14.8 Å². The predicted molar refractivity (Wildman–Crippen MR) is 83.2 cm³/mol. The van der Waals surface area contributed by atoms with Crippen molar-refractivity contribution >= 4 is 33.5 Å². The Labute approximate surface area is 142 Å². The summed E-state index contributed by atoms with van der Waals surface area (Å²) in [6.45, 7) is 1.10. The maximum absolute atomic E-state index is 12.7. The third-order valence-electron chi connectivity index (χ3n) is 3.35. The summed E-state index contributed by atoms with van der Waals surface area (Å²) >= 11 is 6.04. The van der Waals surface area contributed by atoms with Crippen LogP contribution in [0, 0.1) is 0 Å². The fourth-order valence-corrected chi connectivity index (χ4v) is 4.07. The highest BCUT2D eigenvalue weighted by Crippen LogP contribution is 2.26. The highest BCUT2D eigenvalue weighted by Gasteiger charge is 2.29. The van der Waals surface area contributed by atoms with Gasteiger partial charge in [-0.15, -0.1) is 5.10 Å². The Bertz CT molecular complexity index is 835. The number of nitrogens with zero attached hydrogens (tertiary/aromatic N) is 4. The first-order valence-electron chi connectivity index (χ1n) is 6.91. The summed E-state index contributed by atoms with van der Waals surface area (Å²) in [6, 6.07) is 4.00. The lowest BCUT2D eigenvalue weighted by Crippen LogP contribution is -2.40. The Morgan fingerprint density at radius 1 is 1.33 bits per heavy atom. The smallest absolute Gasteiger partial charge is 0.270 e. The van der Waals surface area contributed by atoms with Crippen LogP contribution in [0.2, 0.25) is 5.02 Å². The minimum Gasteiger partial charge on any atom is -0.379 e. The van der Waals surface area contributed by atoms with Gasteiger partial charge in [-0.05, 0) is 23.4 Å². The summed E-state index contributed by atoms with van der Waals surface area (Å²) in [5.74, 6) is -0.598. The molecule has 0 bridgehead atoms. The van der Waals surface area contributed by atoms with E-state index in [0.717, 1.165) is 0 Å². The molecule has 1 saturated heterocycles. The first-order valence-corrected chi connectivity index (χ1v) is 8.72. The molecule has 128 valence electrons. The lowest BCUT2D eigenvalue weighted by Gasteiger charge is -2.26. The second kappa shape index (κ2) is 6.81. The van der Waals surface area contributed by atoms with E-state index in [-0.39, 0.29) is 34.5 Å². The van der Waals surface area contributed by atoms with Crippen molar-refractivity contribution in [2.24, 2.45) is 0 Å². The molecule has 2 N–H and O–H groups in total. The van der Waals surface area contributed by atoms with Crippen LogP contribution < -0.4 is 5.32 Å². The van der Waals surface area contributed by atoms with E-state index < -0.39 is 15.9 Å². The number of carbonyl (C=O) groups is 1. The van der Waals surface area contributed by atoms with E-state index in [4.69, 9.17) is 16.3 Å². The average molecular weight is 373 g/mol. The first kappa shape index (κ1) is 16.8. The number of carbonyl (C=O) groups excluding carboxylic acids is 1. The molecule has 0 atom stereocenters. The molecule has 12 heteroatoms. The van der Waals surface area contributed by atoms with Crippen molar-refractivity contribution in [3.63, 3.8) is 0 Å². The number of rotatable bonds is 4. The molecular weight excluding hydrogens is 360 g/mol. The van der Waals surface area contributed by atoms with Crippen molar-refractivity contribution in [3.05, 3.63) is 28.8 Å². The number of aromatic amines is 1. The predicted octanol–water partition coefficient (Wildman–Crippen LogP) is 0.126. The maximum Gasteiger partial charge on any atom is 0.270 e. The zero-order chi connectivity index (χ0) is 17.2. The van der Waals surface area contributed by atoms with E-state index in [2.05, 4.69) is 25.9 Å². The zero-order valence-electron chi connectivity index (χ0n) is 12.3. The molecule has 24 heavy (non-hydrogen) atoms. The highest BCUT2D eigenvalue weighted by molar-refractivity contribution is 7.89. The SMILES string of the molecule is O=C(Nc1nn[nH]n1)c1ccc(Cl)c(S(=O)(=O)N2CCOCC2)c1. The van der Waals surface area contributed by atoms with Gasteiger partial charge in [0.05, 0.1) is 18.2 Å². The molecule has 2 aromatic rings. The number of aromatic nitrogens is 4. The second-order valence-corrected chi connectivity index (χ2v) is 7.16. The van der Waals surface area contributed by atoms with Gasteiger partial charge in [-0.3, -0.25) is 10.1 Å². The number of hydrogen-bond donors (Lipinski definition) is 2. The summed E-state index contributed by atoms with van der Waals surface area (Å²) in [7, 11) is -3.82. The van der Waals surface area contributed by atoms with Crippen molar-refractivity contribution in [1.82, 2.24) is 24.9 Å². The summed E-state index contributed by atoms with van der Waals surface area (Å²) in [5, 5.41) is 15.1. The molecule has 2 heterocycles. The molecule has 0 radical (unpaired) electrons. The number of halogens is 1. The molecule has 1 aliphatic heterocycles. The van der Waals surface area contributed by atoms with Gasteiger partial charge in [0, 0.05) is 18.7 Å². The summed E-state index contributed by atoms with van der Waals surface area (Å²) in [6.07, 6.45) is 0. The van der Waals surface area contributed by atoms with Crippen molar-refractivity contribution in [3.8, 4) is 0 Å². The van der Waals surface area contributed by atoms with E-state index >= 15 is 0 Å². The van der Waals surface area contributed by atoms with Gasteiger partial charge < -0.3 is 4.74 Å². The van der Waals surface area contributed by atoms with Crippen LogP contribution in [-0.4, -0.2) is 65.6 Å². The molecule has 0 unspecified atom stereocenters. The minimum atomic E-state index is -3.82. The largest absolute Gasteiger partial charge is 0.379 e. The number of nitrogens with one attached hydrogen (secondary N) is 2. The van der Waals surface area contributed by atoms with Crippen molar-refractivity contribution in [2.75, 3.05) is 31.6 Å². The summed E-state index contributed by atoms with van der Waals surface area (Å²) in [5.41, 5.74) is 0.107. The van der Waals surface area contributed by atoms with Crippen molar-refractivity contribution in [2.45, 2.75) is 4.90 Å². The molecule has 1 amide bonds. The average Bonchev–Trinajstić information content (AvgIpc) is 3.09. The number of tetrazole rings is 1. The maximum atomic E-state index is 12.7.